The van der Waals surface area contributed by atoms with Crippen molar-refractivity contribution in [1.29, 1.82) is 0 Å². The van der Waals surface area contributed by atoms with Gasteiger partial charge in [0, 0.05) is 27.1 Å². The Morgan fingerprint density at radius 3 is 2.79 bits per heavy atom. The van der Waals surface area contributed by atoms with Crippen LogP contribution in [0.5, 0.6) is 0 Å². The highest BCUT2D eigenvalue weighted by Crippen LogP contribution is 2.35. The van der Waals surface area contributed by atoms with Gasteiger partial charge in [-0.05, 0) is 0 Å². The number of anilines is 2. The second kappa shape index (κ2) is 5.87. The number of nitrogens with one attached hydrogen (secondary N) is 1. The Labute approximate surface area is 138 Å². The third-order valence-corrected chi connectivity index (χ3v) is 4.21. The molecule has 1 fully saturated rings. The van der Waals surface area contributed by atoms with Crippen LogP contribution in [0.3, 0.4) is 0 Å². The van der Waals surface area contributed by atoms with Crippen molar-refractivity contribution in [2.24, 2.45) is 5.92 Å². The van der Waals surface area contributed by atoms with Crippen molar-refractivity contribution in [3.05, 3.63) is 6.33 Å². The Balaban J connectivity index is 2.05. The first-order valence-electron chi connectivity index (χ1n) is 7.57. The molecule has 0 aliphatic carbocycles. The molecular formula is C14H21N7O3. The molecule has 0 bridgehead atoms. The number of fused-ring (bicyclic) bond motifs is 1. The number of hydrogen-bond donors (Lipinski definition) is 3. The largest absolute Gasteiger partial charge is 0.388 e. The number of amides is 1. The van der Waals surface area contributed by atoms with Crippen molar-refractivity contribution in [1.82, 2.24) is 24.8 Å². The van der Waals surface area contributed by atoms with Crippen LogP contribution in [0.15, 0.2) is 6.33 Å². The van der Waals surface area contributed by atoms with E-state index in [1.807, 2.05) is 0 Å². The van der Waals surface area contributed by atoms with E-state index in [9.17, 15) is 9.90 Å². The molecule has 0 saturated carbocycles. The molecule has 0 radical (unpaired) electrons. The summed E-state index contributed by atoms with van der Waals surface area (Å²) in [5.41, 5.74) is 6.81. The summed E-state index contributed by atoms with van der Waals surface area (Å²) in [4.78, 5) is 26.5. The number of ether oxygens (including phenoxy) is 1. The number of carbonyl (C=O) groups excluding carboxylic acids is 1. The van der Waals surface area contributed by atoms with E-state index in [-0.39, 0.29) is 17.6 Å². The van der Waals surface area contributed by atoms with E-state index in [1.54, 1.807) is 30.5 Å². The SMILES string of the molecule is CNC(=O)C1OC(n2cnc3c(N)nc(N(C)C)nc32)C(O)C1C. The van der Waals surface area contributed by atoms with Gasteiger partial charge in [0.25, 0.3) is 0 Å². The number of aliphatic hydroxyl groups excluding tert-OH is 1. The Kier molecular flexibility index (Phi) is 4.01. The number of aromatic nitrogens is 4. The predicted octanol–water partition coefficient (Wildman–Crippen LogP) is -0.885. The lowest BCUT2D eigenvalue weighted by molar-refractivity contribution is -0.135. The highest BCUT2D eigenvalue weighted by atomic mass is 16.5. The smallest absolute Gasteiger partial charge is 0.249 e. The van der Waals surface area contributed by atoms with Crippen LogP contribution in [-0.2, 0) is 9.53 Å². The molecule has 130 valence electrons. The summed E-state index contributed by atoms with van der Waals surface area (Å²) in [7, 11) is 5.12. The average molecular weight is 335 g/mol. The van der Waals surface area contributed by atoms with Crippen molar-refractivity contribution >= 4 is 28.8 Å². The van der Waals surface area contributed by atoms with Crippen LogP contribution in [0.4, 0.5) is 11.8 Å². The van der Waals surface area contributed by atoms with Gasteiger partial charge >= 0.3 is 0 Å². The van der Waals surface area contributed by atoms with E-state index in [0.29, 0.717) is 17.1 Å². The zero-order valence-electron chi connectivity index (χ0n) is 14.0. The third kappa shape index (κ3) is 2.43. The fraction of sp³-hybridized carbons (Fsp3) is 0.571. The Morgan fingerprint density at radius 2 is 2.17 bits per heavy atom. The molecule has 1 amide bonds. The number of carbonyl (C=O) groups is 1. The fourth-order valence-electron chi connectivity index (χ4n) is 2.78. The molecule has 0 aromatic carbocycles. The molecular weight excluding hydrogens is 314 g/mol. The first-order valence-corrected chi connectivity index (χ1v) is 7.57. The first kappa shape index (κ1) is 16.4. The quantitative estimate of drug-likeness (QED) is 0.658. The van der Waals surface area contributed by atoms with Crippen LogP contribution in [0.25, 0.3) is 11.2 Å². The minimum Gasteiger partial charge on any atom is -0.388 e. The van der Waals surface area contributed by atoms with Crippen LogP contribution in [-0.4, -0.2) is 63.9 Å². The first-order chi connectivity index (χ1) is 11.3. The summed E-state index contributed by atoms with van der Waals surface area (Å²) in [6.45, 7) is 1.76. The molecule has 4 N–H and O–H groups in total. The number of aliphatic hydroxyl groups is 1. The molecule has 4 atom stereocenters. The highest BCUT2D eigenvalue weighted by molar-refractivity contribution is 5.83. The molecule has 10 nitrogen and oxygen atoms in total. The number of nitrogens with two attached hydrogens (primary N) is 1. The summed E-state index contributed by atoms with van der Waals surface area (Å²) in [5.74, 6) is 0.00691. The molecule has 1 aliphatic rings. The zero-order valence-corrected chi connectivity index (χ0v) is 14.0. The van der Waals surface area contributed by atoms with Crippen molar-refractivity contribution in [2.75, 3.05) is 31.8 Å². The van der Waals surface area contributed by atoms with Crippen molar-refractivity contribution in [2.45, 2.75) is 25.4 Å². The van der Waals surface area contributed by atoms with Crippen LogP contribution in [0, 0.1) is 5.92 Å². The van der Waals surface area contributed by atoms with E-state index < -0.39 is 18.4 Å². The Morgan fingerprint density at radius 1 is 1.46 bits per heavy atom. The maximum Gasteiger partial charge on any atom is 0.249 e. The van der Waals surface area contributed by atoms with Crippen LogP contribution in [0.2, 0.25) is 0 Å². The molecule has 0 spiro atoms. The minimum atomic E-state index is -0.885. The van der Waals surface area contributed by atoms with Gasteiger partial charge in [0.1, 0.15) is 17.7 Å². The van der Waals surface area contributed by atoms with Crippen molar-refractivity contribution in [3.63, 3.8) is 0 Å². The van der Waals surface area contributed by atoms with Gasteiger partial charge in [0.05, 0.1) is 6.33 Å². The second-order valence-corrected chi connectivity index (χ2v) is 6.04. The van der Waals surface area contributed by atoms with Gasteiger partial charge in [0.15, 0.2) is 17.7 Å². The predicted molar refractivity (Wildman–Crippen MR) is 87.2 cm³/mol. The standard InChI is InChI=1S/C14H21N7O3/c1-6-8(22)13(24-9(6)12(23)16-2)21-5-17-7-10(15)18-14(20(3)4)19-11(7)21/h5-6,8-9,13,22H,1-4H3,(H,16,23)(H2,15,18,19). The van der Waals surface area contributed by atoms with Gasteiger partial charge in [-0.3, -0.25) is 9.36 Å². The number of nitrogens with zero attached hydrogens (tertiary/aromatic N) is 5. The maximum atomic E-state index is 11.9. The normalized spacial score (nSPS) is 26.7. The van der Waals surface area contributed by atoms with E-state index in [1.165, 1.54) is 13.4 Å². The number of likely N-dealkylation sites (N-methyl/N-ethyl adjacent to an activating group) is 1. The zero-order chi connectivity index (χ0) is 17.6. The summed E-state index contributed by atoms with van der Waals surface area (Å²) >= 11 is 0. The number of rotatable bonds is 3. The van der Waals surface area contributed by atoms with E-state index >= 15 is 0 Å². The molecule has 24 heavy (non-hydrogen) atoms. The van der Waals surface area contributed by atoms with Crippen LogP contribution < -0.4 is 16.0 Å². The molecule has 2 aromatic rings. The van der Waals surface area contributed by atoms with Gasteiger partial charge in [-0.25, -0.2) is 4.98 Å². The van der Waals surface area contributed by atoms with Crippen LogP contribution in [0.1, 0.15) is 13.2 Å². The molecule has 3 rings (SSSR count). The van der Waals surface area contributed by atoms with Crippen molar-refractivity contribution in [3.8, 4) is 0 Å². The summed E-state index contributed by atoms with van der Waals surface area (Å²) in [5, 5.41) is 13.1. The second-order valence-electron chi connectivity index (χ2n) is 6.04. The highest BCUT2D eigenvalue weighted by Gasteiger charge is 2.45. The minimum absolute atomic E-state index is 0.242. The van der Waals surface area contributed by atoms with Gasteiger partial charge in [0.2, 0.25) is 11.9 Å². The summed E-state index contributed by atoms with van der Waals surface area (Å²) < 4.78 is 7.37. The lowest BCUT2D eigenvalue weighted by Crippen LogP contribution is -2.36. The number of hydrogen-bond acceptors (Lipinski definition) is 8. The lowest BCUT2D eigenvalue weighted by atomic mass is 10.00. The Bertz CT molecular complexity index is 775. The van der Waals surface area contributed by atoms with Crippen molar-refractivity contribution < 1.29 is 14.6 Å². The molecule has 3 heterocycles. The fourth-order valence-corrected chi connectivity index (χ4v) is 2.78. The van der Waals surface area contributed by atoms with Crippen LogP contribution >= 0.6 is 0 Å². The average Bonchev–Trinajstić information content (AvgIpc) is 3.09. The summed E-state index contributed by atoms with van der Waals surface area (Å²) in [6, 6.07) is 0. The van der Waals surface area contributed by atoms with Gasteiger partial charge in [-0.1, -0.05) is 6.92 Å². The van der Waals surface area contributed by atoms with E-state index in [4.69, 9.17) is 10.5 Å². The summed E-state index contributed by atoms with van der Waals surface area (Å²) in [6.07, 6.45) is -0.928. The van der Waals surface area contributed by atoms with Gasteiger partial charge in [-0.2, -0.15) is 9.97 Å². The molecule has 1 saturated heterocycles. The molecule has 1 aliphatic heterocycles. The maximum absolute atomic E-state index is 11.9. The topological polar surface area (TPSA) is 131 Å². The van der Waals surface area contributed by atoms with E-state index in [0.717, 1.165) is 0 Å². The third-order valence-electron chi connectivity index (χ3n) is 4.21. The number of nitrogen functional groups attached to an aromatic ring is 1. The Hall–Kier alpha value is -2.46. The molecule has 4 unspecified atom stereocenters. The van der Waals surface area contributed by atoms with E-state index in [2.05, 4.69) is 20.3 Å². The molecule has 2 aromatic heterocycles. The monoisotopic (exact) mass is 335 g/mol. The molecule has 10 heteroatoms. The van der Waals surface area contributed by atoms with Gasteiger partial charge in [-0.15, -0.1) is 0 Å². The van der Waals surface area contributed by atoms with Gasteiger partial charge < -0.3 is 25.8 Å². The lowest BCUT2D eigenvalue weighted by Gasteiger charge is -2.18. The number of imidazole rings is 1.